The summed E-state index contributed by atoms with van der Waals surface area (Å²) in [5.41, 5.74) is 2.07. The molecular formula is C21H16F5N3. The minimum absolute atomic E-state index is 0.256. The van der Waals surface area contributed by atoms with Crippen molar-refractivity contribution in [3.63, 3.8) is 0 Å². The number of hydrogen-bond donors (Lipinski definition) is 1. The molecular weight excluding hydrogens is 389 g/mol. The molecule has 0 saturated carbocycles. The Morgan fingerprint density at radius 2 is 1.69 bits per heavy atom. The van der Waals surface area contributed by atoms with E-state index in [9.17, 15) is 22.0 Å². The second-order valence-electron chi connectivity index (χ2n) is 6.90. The van der Waals surface area contributed by atoms with Crippen molar-refractivity contribution in [2.75, 3.05) is 6.54 Å². The SMILES string of the molecule is Fc1ccc(C2CCNCc3cc(-c4ccc(C(F)(F)F)nn4)ccc32)c(F)c1. The summed E-state index contributed by atoms with van der Waals surface area (Å²) in [6, 6.07) is 11.1. The molecule has 1 aliphatic rings. The quantitative estimate of drug-likeness (QED) is 0.606. The largest absolute Gasteiger partial charge is 0.435 e. The fourth-order valence-corrected chi connectivity index (χ4v) is 3.63. The summed E-state index contributed by atoms with van der Waals surface area (Å²) in [5, 5.41) is 10.2. The molecule has 4 rings (SSSR count). The molecule has 1 aromatic heterocycles. The van der Waals surface area contributed by atoms with Gasteiger partial charge in [-0.3, -0.25) is 0 Å². The van der Waals surface area contributed by atoms with Gasteiger partial charge in [0.1, 0.15) is 11.6 Å². The standard InChI is InChI=1S/C21H16F5N3/c22-14-2-4-17(18(23)10-14)16-7-8-27-11-13-9-12(1-3-15(13)16)19-5-6-20(29-28-19)21(24,25)26/h1-6,9-10,16,27H,7-8,11H2. The lowest BCUT2D eigenvalue weighted by Crippen LogP contribution is -2.13. The van der Waals surface area contributed by atoms with Gasteiger partial charge in [-0.15, -0.1) is 10.2 Å². The number of benzene rings is 2. The molecule has 2 aromatic carbocycles. The number of rotatable bonds is 2. The number of aromatic nitrogens is 2. The predicted molar refractivity (Wildman–Crippen MR) is 97.0 cm³/mol. The van der Waals surface area contributed by atoms with E-state index in [4.69, 9.17) is 0 Å². The van der Waals surface area contributed by atoms with Gasteiger partial charge >= 0.3 is 6.18 Å². The molecule has 0 bridgehead atoms. The van der Waals surface area contributed by atoms with Crippen LogP contribution in [0.1, 0.15) is 34.7 Å². The summed E-state index contributed by atoms with van der Waals surface area (Å²) in [6.07, 6.45) is -3.91. The summed E-state index contributed by atoms with van der Waals surface area (Å²) in [5.74, 6) is -1.48. The molecule has 29 heavy (non-hydrogen) atoms. The zero-order valence-corrected chi connectivity index (χ0v) is 15.1. The van der Waals surface area contributed by atoms with E-state index in [1.807, 2.05) is 12.1 Å². The zero-order chi connectivity index (χ0) is 20.6. The van der Waals surface area contributed by atoms with Crippen LogP contribution in [0.3, 0.4) is 0 Å². The Hall–Kier alpha value is -2.87. The molecule has 0 amide bonds. The molecule has 0 saturated heterocycles. The van der Waals surface area contributed by atoms with Crippen molar-refractivity contribution in [2.24, 2.45) is 0 Å². The van der Waals surface area contributed by atoms with Crippen molar-refractivity contribution in [1.29, 1.82) is 0 Å². The molecule has 1 atom stereocenters. The molecule has 0 fully saturated rings. The Kier molecular flexibility index (Phi) is 5.04. The minimum Gasteiger partial charge on any atom is -0.313 e. The average molecular weight is 405 g/mol. The van der Waals surface area contributed by atoms with Crippen molar-refractivity contribution in [2.45, 2.75) is 25.1 Å². The van der Waals surface area contributed by atoms with Gasteiger partial charge in [0, 0.05) is 24.1 Å². The molecule has 150 valence electrons. The van der Waals surface area contributed by atoms with Gasteiger partial charge in [-0.1, -0.05) is 18.2 Å². The van der Waals surface area contributed by atoms with E-state index < -0.39 is 23.5 Å². The van der Waals surface area contributed by atoms with Crippen LogP contribution in [0.15, 0.2) is 48.5 Å². The fourth-order valence-electron chi connectivity index (χ4n) is 3.63. The molecule has 8 heteroatoms. The first-order valence-corrected chi connectivity index (χ1v) is 9.03. The second kappa shape index (κ2) is 7.51. The van der Waals surface area contributed by atoms with E-state index in [2.05, 4.69) is 15.5 Å². The number of fused-ring (bicyclic) bond motifs is 1. The second-order valence-corrected chi connectivity index (χ2v) is 6.90. The van der Waals surface area contributed by atoms with Gasteiger partial charge in [0.25, 0.3) is 0 Å². The molecule has 1 N–H and O–H groups in total. The highest BCUT2D eigenvalue weighted by molar-refractivity contribution is 5.61. The van der Waals surface area contributed by atoms with Crippen LogP contribution in [0, 0.1) is 11.6 Å². The molecule has 0 spiro atoms. The lowest BCUT2D eigenvalue weighted by atomic mass is 9.85. The molecule has 0 radical (unpaired) electrons. The fraction of sp³-hybridized carbons (Fsp3) is 0.238. The Balaban J connectivity index is 1.71. The van der Waals surface area contributed by atoms with E-state index in [0.29, 0.717) is 36.3 Å². The Bertz CT molecular complexity index is 1030. The smallest absolute Gasteiger partial charge is 0.313 e. The summed E-state index contributed by atoms with van der Waals surface area (Å²) in [6.45, 7) is 1.17. The van der Waals surface area contributed by atoms with Crippen molar-refractivity contribution in [3.05, 3.63) is 82.5 Å². The van der Waals surface area contributed by atoms with Crippen LogP contribution in [0.25, 0.3) is 11.3 Å². The maximum Gasteiger partial charge on any atom is 0.435 e. The van der Waals surface area contributed by atoms with E-state index in [-0.39, 0.29) is 5.92 Å². The number of nitrogens with one attached hydrogen (secondary N) is 1. The molecule has 1 unspecified atom stereocenters. The van der Waals surface area contributed by atoms with Gasteiger partial charge in [-0.25, -0.2) is 8.78 Å². The van der Waals surface area contributed by atoms with E-state index in [1.54, 1.807) is 6.07 Å². The van der Waals surface area contributed by atoms with Gasteiger partial charge in [0.2, 0.25) is 0 Å². The maximum atomic E-state index is 14.4. The lowest BCUT2D eigenvalue weighted by molar-refractivity contribution is -0.141. The van der Waals surface area contributed by atoms with Gasteiger partial charge in [0.15, 0.2) is 5.69 Å². The van der Waals surface area contributed by atoms with Gasteiger partial charge in [-0.05, 0) is 53.9 Å². The van der Waals surface area contributed by atoms with Crippen molar-refractivity contribution in [1.82, 2.24) is 15.5 Å². The lowest BCUT2D eigenvalue weighted by Gasteiger charge is -2.19. The van der Waals surface area contributed by atoms with Crippen LogP contribution < -0.4 is 5.32 Å². The van der Waals surface area contributed by atoms with E-state index >= 15 is 0 Å². The number of nitrogens with zero attached hydrogens (tertiary/aromatic N) is 2. The van der Waals surface area contributed by atoms with E-state index in [1.165, 1.54) is 18.2 Å². The number of alkyl halides is 3. The van der Waals surface area contributed by atoms with Crippen molar-refractivity contribution in [3.8, 4) is 11.3 Å². The Morgan fingerprint density at radius 1 is 0.897 bits per heavy atom. The van der Waals surface area contributed by atoms with Crippen LogP contribution in [0.5, 0.6) is 0 Å². The predicted octanol–water partition coefficient (Wildman–Crippen LogP) is 5.07. The molecule has 2 heterocycles. The average Bonchev–Trinajstić information content (AvgIpc) is 2.89. The molecule has 3 aromatic rings. The van der Waals surface area contributed by atoms with Crippen LogP contribution >= 0.6 is 0 Å². The normalized spacial score (nSPS) is 16.9. The molecule has 3 nitrogen and oxygen atoms in total. The van der Waals surface area contributed by atoms with Crippen LogP contribution in [0.4, 0.5) is 22.0 Å². The first kappa shape index (κ1) is 19.4. The van der Waals surface area contributed by atoms with Gasteiger partial charge in [-0.2, -0.15) is 13.2 Å². The highest BCUT2D eigenvalue weighted by Gasteiger charge is 2.33. The molecule has 0 aliphatic carbocycles. The third-order valence-electron chi connectivity index (χ3n) is 5.03. The number of halogens is 5. The first-order chi connectivity index (χ1) is 13.8. The summed E-state index contributed by atoms with van der Waals surface area (Å²) in [4.78, 5) is 0. The third-order valence-corrected chi connectivity index (χ3v) is 5.03. The summed E-state index contributed by atoms with van der Waals surface area (Å²) < 4.78 is 65.7. The van der Waals surface area contributed by atoms with E-state index in [0.717, 1.165) is 23.3 Å². The summed E-state index contributed by atoms with van der Waals surface area (Å²) in [7, 11) is 0. The third kappa shape index (κ3) is 3.98. The van der Waals surface area contributed by atoms with Crippen LogP contribution in [-0.2, 0) is 12.7 Å². The van der Waals surface area contributed by atoms with Crippen molar-refractivity contribution < 1.29 is 22.0 Å². The monoisotopic (exact) mass is 405 g/mol. The zero-order valence-electron chi connectivity index (χ0n) is 15.1. The first-order valence-electron chi connectivity index (χ1n) is 9.03. The Morgan fingerprint density at radius 3 is 2.38 bits per heavy atom. The van der Waals surface area contributed by atoms with Crippen LogP contribution in [0.2, 0.25) is 0 Å². The minimum atomic E-state index is -4.55. The Labute approximate surface area is 163 Å². The maximum absolute atomic E-state index is 14.4. The summed E-state index contributed by atoms with van der Waals surface area (Å²) >= 11 is 0. The topological polar surface area (TPSA) is 37.8 Å². The van der Waals surface area contributed by atoms with Gasteiger partial charge in [0.05, 0.1) is 5.69 Å². The molecule has 1 aliphatic heterocycles. The van der Waals surface area contributed by atoms with Crippen molar-refractivity contribution >= 4 is 0 Å². The highest BCUT2D eigenvalue weighted by atomic mass is 19.4. The van der Waals surface area contributed by atoms with Crippen LogP contribution in [-0.4, -0.2) is 16.7 Å². The number of hydrogen-bond acceptors (Lipinski definition) is 3. The highest BCUT2D eigenvalue weighted by Crippen LogP contribution is 2.36. The van der Waals surface area contributed by atoms with Gasteiger partial charge < -0.3 is 5.32 Å².